The van der Waals surface area contributed by atoms with Gasteiger partial charge in [-0.3, -0.25) is 4.79 Å². The van der Waals surface area contributed by atoms with Gasteiger partial charge in [0.05, 0.1) is 17.4 Å². The summed E-state index contributed by atoms with van der Waals surface area (Å²) >= 11 is 0. The van der Waals surface area contributed by atoms with E-state index in [1.807, 2.05) is 0 Å². The molecule has 1 aromatic heterocycles. The summed E-state index contributed by atoms with van der Waals surface area (Å²) in [5.41, 5.74) is 12.1. The Labute approximate surface area is 109 Å². The number of hydrogen-bond donors (Lipinski definition) is 3. The number of halogens is 1. The third kappa shape index (κ3) is 3.19. The fraction of sp³-hybridized carbons (Fsp3) is 0.0769. The molecule has 0 saturated heterocycles. The summed E-state index contributed by atoms with van der Waals surface area (Å²) in [4.78, 5) is 15.3. The number of pyridine rings is 1. The lowest BCUT2D eigenvalue weighted by atomic mass is 10.2. The Morgan fingerprint density at radius 1 is 1.37 bits per heavy atom. The van der Waals surface area contributed by atoms with E-state index < -0.39 is 5.91 Å². The lowest BCUT2D eigenvalue weighted by Crippen LogP contribution is -2.16. The molecule has 0 radical (unpaired) electrons. The molecular weight excluding hydrogens is 247 g/mol. The van der Waals surface area contributed by atoms with Crippen LogP contribution < -0.4 is 16.8 Å². The largest absolute Gasteiger partial charge is 0.397 e. The quantitative estimate of drug-likeness (QED) is 0.776. The van der Waals surface area contributed by atoms with Crippen molar-refractivity contribution < 1.29 is 9.18 Å². The van der Waals surface area contributed by atoms with Gasteiger partial charge in [-0.15, -0.1) is 0 Å². The fourth-order valence-electron chi connectivity index (χ4n) is 1.64. The summed E-state index contributed by atoms with van der Waals surface area (Å²) in [7, 11) is 0. The Kier molecular flexibility index (Phi) is 3.61. The van der Waals surface area contributed by atoms with Gasteiger partial charge < -0.3 is 16.8 Å². The van der Waals surface area contributed by atoms with Gasteiger partial charge in [-0.2, -0.15) is 0 Å². The smallest absolute Gasteiger partial charge is 0.252 e. The van der Waals surface area contributed by atoms with Crippen LogP contribution in [0, 0.1) is 5.82 Å². The molecular formula is C13H13FN4O. The van der Waals surface area contributed by atoms with Gasteiger partial charge in [-0.25, -0.2) is 9.37 Å². The van der Waals surface area contributed by atoms with E-state index in [-0.39, 0.29) is 11.4 Å². The summed E-state index contributed by atoms with van der Waals surface area (Å²) in [6.07, 6.45) is 1.42. The summed E-state index contributed by atoms with van der Waals surface area (Å²) < 4.78 is 13.0. The van der Waals surface area contributed by atoms with Gasteiger partial charge in [0.1, 0.15) is 11.6 Å². The molecule has 98 valence electrons. The SMILES string of the molecule is NC(=O)c1cc(N)cnc1NCc1cccc(F)c1. The van der Waals surface area contributed by atoms with Gasteiger partial charge in [0, 0.05) is 6.54 Å². The molecule has 1 amide bonds. The lowest BCUT2D eigenvalue weighted by Gasteiger charge is -2.09. The normalized spacial score (nSPS) is 10.2. The van der Waals surface area contributed by atoms with Crippen LogP contribution in [0.3, 0.4) is 0 Å². The molecule has 1 heterocycles. The monoisotopic (exact) mass is 260 g/mol. The van der Waals surface area contributed by atoms with Gasteiger partial charge in [0.25, 0.3) is 5.91 Å². The van der Waals surface area contributed by atoms with Gasteiger partial charge in [-0.1, -0.05) is 12.1 Å². The Balaban J connectivity index is 2.17. The zero-order valence-electron chi connectivity index (χ0n) is 10.1. The number of rotatable bonds is 4. The molecule has 1 aromatic carbocycles. The molecule has 0 saturated carbocycles. The van der Waals surface area contributed by atoms with Gasteiger partial charge in [0.2, 0.25) is 0 Å². The van der Waals surface area contributed by atoms with Gasteiger partial charge in [-0.05, 0) is 23.8 Å². The summed E-state index contributed by atoms with van der Waals surface area (Å²) in [6, 6.07) is 7.58. The van der Waals surface area contributed by atoms with Crippen molar-refractivity contribution in [2.24, 2.45) is 5.73 Å². The number of hydrogen-bond acceptors (Lipinski definition) is 4. The van der Waals surface area contributed by atoms with E-state index in [1.54, 1.807) is 12.1 Å². The van der Waals surface area contributed by atoms with Crippen molar-refractivity contribution in [1.82, 2.24) is 4.98 Å². The maximum atomic E-state index is 13.0. The van der Waals surface area contributed by atoms with Crippen LogP contribution in [0.1, 0.15) is 15.9 Å². The minimum Gasteiger partial charge on any atom is -0.397 e. The van der Waals surface area contributed by atoms with Crippen LogP contribution in [0.2, 0.25) is 0 Å². The molecule has 19 heavy (non-hydrogen) atoms. The average molecular weight is 260 g/mol. The second-order valence-corrected chi connectivity index (χ2v) is 4.01. The van der Waals surface area contributed by atoms with E-state index >= 15 is 0 Å². The first kappa shape index (κ1) is 12.8. The number of aromatic nitrogens is 1. The summed E-state index contributed by atoms with van der Waals surface area (Å²) in [5, 5.41) is 2.93. The fourth-order valence-corrected chi connectivity index (χ4v) is 1.64. The van der Waals surface area contributed by atoms with Crippen LogP contribution in [-0.2, 0) is 6.54 Å². The number of primary amides is 1. The van der Waals surface area contributed by atoms with Crippen molar-refractivity contribution in [2.45, 2.75) is 6.54 Å². The van der Waals surface area contributed by atoms with E-state index in [0.29, 0.717) is 18.1 Å². The molecule has 2 rings (SSSR count). The van der Waals surface area contributed by atoms with E-state index in [9.17, 15) is 9.18 Å². The predicted octanol–water partition coefficient (Wildman–Crippen LogP) is 1.51. The molecule has 0 spiro atoms. The molecule has 0 unspecified atom stereocenters. The van der Waals surface area contributed by atoms with E-state index in [1.165, 1.54) is 24.4 Å². The van der Waals surface area contributed by atoms with Crippen LogP contribution in [0.25, 0.3) is 0 Å². The molecule has 0 aliphatic carbocycles. The van der Waals surface area contributed by atoms with Crippen molar-refractivity contribution in [2.75, 3.05) is 11.1 Å². The zero-order chi connectivity index (χ0) is 13.8. The number of anilines is 2. The standard InChI is InChI=1S/C13H13FN4O/c14-9-3-1-2-8(4-9)6-17-13-11(12(16)19)5-10(15)7-18-13/h1-5,7H,6,15H2,(H2,16,19)(H,17,18). The number of amides is 1. The highest BCUT2D eigenvalue weighted by Crippen LogP contribution is 2.16. The van der Waals surface area contributed by atoms with Crippen molar-refractivity contribution in [3.63, 3.8) is 0 Å². The maximum absolute atomic E-state index is 13.0. The summed E-state index contributed by atoms with van der Waals surface area (Å²) in [6.45, 7) is 0.328. The second kappa shape index (κ2) is 5.34. The van der Waals surface area contributed by atoms with Gasteiger partial charge >= 0.3 is 0 Å². The van der Waals surface area contributed by atoms with Crippen molar-refractivity contribution in [1.29, 1.82) is 0 Å². The Morgan fingerprint density at radius 2 is 2.16 bits per heavy atom. The third-order valence-electron chi connectivity index (χ3n) is 2.52. The first-order chi connectivity index (χ1) is 9.06. The van der Waals surface area contributed by atoms with Crippen LogP contribution >= 0.6 is 0 Å². The first-order valence-corrected chi connectivity index (χ1v) is 5.60. The maximum Gasteiger partial charge on any atom is 0.252 e. The zero-order valence-corrected chi connectivity index (χ0v) is 10.1. The highest BCUT2D eigenvalue weighted by Gasteiger charge is 2.10. The van der Waals surface area contributed by atoms with E-state index in [2.05, 4.69) is 10.3 Å². The van der Waals surface area contributed by atoms with Crippen LogP contribution in [0.4, 0.5) is 15.9 Å². The first-order valence-electron chi connectivity index (χ1n) is 5.60. The second-order valence-electron chi connectivity index (χ2n) is 4.01. The molecule has 0 aliphatic rings. The van der Waals surface area contributed by atoms with Crippen molar-refractivity contribution >= 4 is 17.4 Å². The highest BCUT2D eigenvalue weighted by molar-refractivity contribution is 5.98. The number of carbonyl (C=O) groups excluding carboxylic acids is 1. The van der Waals surface area contributed by atoms with Crippen LogP contribution in [-0.4, -0.2) is 10.9 Å². The highest BCUT2D eigenvalue weighted by atomic mass is 19.1. The van der Waals surface area contributed by atoms with Crippen LogP contribution in [0.5, 0.6) is 0 Å². The average Bonchev–Trinajstić information content (AvgIpc) is 2.37. The van der Waals surface area contributed by atoms with Crippen LogP contribution in [0.15, 0.2) is 36.5 Å². The Morgan fingerprint density at radius 3 is 2.84 bits per heavy atom. The number of nitrogen functional groups attached to an aromatic ring is 1. The van der Waals surface area contributed by atoms with E-state index in [4.69, 9.17) is 11.5 Å². The van der Waals surface area contributed by atoms with Gasteiger partial charge in [0.15, 0.2) is 0 Å². The number of benzene rings is 1. The minimum absolute atomic E-state index is 0.205. The third-order valence-corrected chi connectivity index (χ3v) is 2.52. The molecule has 0 bridgehead atoms. The van der Waals surface area contributed by atoms with E-state index in [0.717, 1.165) is 5.56 Å². The number of nitrogens with zero attached hydrogens (tertiary/aromatic N) is 1. The molecule has 0 fully saturated rings. The Hall–Kier alpha value is -2.63. The number of nitrogens with two attached hydrogens (primary N) is 2. The number of carbonyl (C=O) groups is 1. The molecule has 5 N–H and O–H groups in total. The van der Waals surface area contributed by atoms with Crippen molar-refractivity contribution in [3.8, 4) is 0 Å². The molecule has 5 nitrogen and oxygen atoms in total. The Bertz CT molecular complexity index is 615. The molecule has 6 heteroatoms. The molecule has 2 aromatic rings. The predicted molar refractivity (Wildman–Crippen MR) is 70.9 cm³/mol. The summed E-state index contributed by atoms with van der Waals surface area (Å²) in [5.74, 6) is -0.618. The van der Waals surface area contributed by atoms with Crippen molar-refractivity contribution in [3.05, 3.63) is 53.5 Å². The topological polar surface area (TPSA) is 94.0 Å². The molecule has 0 atom stereocenters. The molecule has 0 aliphatic heterocycles. The lowest BCUT2D eigenvalue weighted by molar-refractivity contribution is 0.100. The minimum atomic E-state index is -0.624. The number of nitrogens with one attached hydrogen (secondary N) is 1.